The number of hydrogen-bond acceptors (Lipinski definition) is 5. The van der Waals surface area contributed by atoms with Crippen LogP contribution in [0.15, 0.2) is 34.2 Å². The minimum absolute atomic E-state index is 0.0181. The molecule has 6 heteroatoms. The molecule has 2 aromatic rings. The fourth-order valence-electron chi connectivity index (χ4n) is 4.04. The van der Waals surface area contributed by atoms with Crippen LogP contribution in [0.25, 0.3) is 10.9 Å². The second-order valence-corrected chi connectivity index (χ2v) is 8.74. The van der Waals surface area contributed by atoms with Crippen LogP contribution in [-0.4, -0.2) is 15.3 Å². The standard InChI is InChI=1S/C22H26N4OS/c1-15-7-5-11-20(16(15)2)26-21(27)18-9-3-4-10-19(18)25-22(26)28-14-17(13-24)8-6-12-23/h3-4,9-10,15-17,20H,5-8,11,14H2,1-2H3/t15-,16+,17-,20-/m0/s1. The summed E-state index contributed by atoms with van der Waals surface area (Å²) in [5, 5.41) is 19.5. The summed E-state index contributed by atoms with van der Waals surface area (Å²) in [7, 11) is 0. The van der Waals surface area contributed by atoms with Gasteiger partial charge in [0.05, 0.1) is 29.0 Å². The first kappa shape index (κ1) is 20.4. The van der Waals surface area contributed by atoms with E-state index in [4.69, 9.17) is 10.2 Å². The van der Waals surface area contributed by atoms with Crippen molar-refractivity contribution in [3.8, 4) is 12.1 Å². The number of nitriles is 2. The number of hydrogen-bond donors (Lipinski definition) is 0. The van der Waals surface area contributed by atoms with Crippen LogP contribution in [0.4, 0.5) is 0 Å². The van der Waals surface area contributed by atoms with Gasteiger partial charge in [0.1, 0.15) is 0 Å². The number of aromatic nitrogens is 2. The van der Waals surface area contributed by atoms with E-state index in [2.05, 4.69) is 26.0 Å². The molecule has 1 aliphatic rings. The third-order valence-electron chi connectivity index (χ3n) is 5.97. The van der Waals surface area contributed by atoms with E-state index in [1.54, 1.807) is 0 Å². The normalized spacial score (nSPS) is 23.1. The molecule has 1 heterocycles. The SMILES string of the molecule is C[C@@H]1[C@@H](C)CCC[C@@H]1n1c(SC[C@H](C#N)CCC#N)nc2ccccc2c1=O. The first-order chi connectivity index (χ1) is 13.6. The number of fused-ring (bicyclic) bond motifs is 1. The summed E-state index contributed by atoms with van der Waals surface area (Å²) in [6, 6.07) is 12.0. The summed E-state index contributed by atoms with van der Waals surface area (Å²) in [5.74, 6) is 1.29. The molecule has 5 nitrogen and oxygen atoms in total. The van der Waals surface area contributed by atoms with Gasteiger partial charge in [-0.1, -0.05) is 50.6 Å². The van der Waals surface area contributed by atoms with Crippen molar-refractivity contribution in [1.82, 2.24) is 9.55 Å². The van der Waals surface area contributed by atoms with Crippen molar-refractivity contribution < 1.29 is 0 Å². The molecule has 0 N–H and O–H groups in total. The third-order valence-corrected chi connectivity index (χ3v) is 7.09. The zero-order valence-corrected chi connectivity index (χ0v) is 17.3. The lowest BCUT2D eigenvalue weighted by Gasteiger charge is -2.36. The van der Waals surface area contributed by atoms with E-state index in [-0.39, 0.29) is 17.5 Å². The van der Waals surface area contributed by atoms with Crippen molar-refractivity contribution in [3.63, 3.8) is 0 Å². The molecule has 1 fully saturated rings. The van der Waals surface area contributed by atoms with Crippen LogP contribution in [0.3, 0.4) is 0 Å². The molecule has 28 heavy (non-hydrogen) atoms. The van der Waals surface area contributed by atoms with Crippen molar-refractivity contribution >= 4 is 22.7 Å². The Labute approximate surface area is 170 Å². The third kappa shape index (κ3) is 4.23. The van der Waals surface area contributed by atoms with Gasteiger partial charge in [-0.25, -0.2) is 4.98 Å². The monoisotopic (exact) mass is 394 g/mol. The molecule has 0 bridgehead atoms. The minimum Gasteiger partial charge on any atom is -0.284 e. The lowest BCUT2D eigenvalue weighted by molar-refractivity contribution is 0.173. The van der Waals surface area contributed by atoms with E-state index in [1.807, 2.05) is 28.8 Å². The van der Waals surface area contributed by atoms with Crippen molar-refractivity contribution in [1.29, 1.82) is 10.5 Å². The van der Waals surface area contributed by atoms with E-state index in [9.17, 15) is 10.1 Å². The smallest absolute Gasteiger partial charge is 0.262 e. The second kappa shape index (κ2) is 9.26. The zero-order chi connectivity index (χ0) is 20.1. The highest BCUT2D eigenvalue weighted by molar-refractivity contribution is 7.99. The van der Waals surface area contributed by atoms with E-state index in [0.29, 0.717) is 46.5 Å². The van der Waals surface area contributed by atoms with Gasteiger partial charge in [-0.05, 0) is 36.8 Å². The number of benzene rings is 1. The molecule has 4 atom stereocenters. The quantitative estimate of drug-likeness (QED) is 0.512. The van der Waals surface area contributed by atoms with Gasteiger partial charge in [-0.15, -0.1) is 0 Å². The van der Waals surface area contributed by atoms with Gasteiger partial charge < -0.3 is 0 Å². The number of thioether (sulfide) groups is 1. The minimum atomic E-state index is -0.218. The Morgan fingerprint density at radius 1 is 1.29 bits per heavy atom. The zero-order valence-electron chi connectivity index (χ0n) is 16.5. The van der Waals surface area contributed by atoms with Gasteiger partial charge in [-0.3, -0.25) is 9.36 Å². The Hall–Kier alpha value is -2.31. The summed E-state index contributed by atoms with van der Waals surface area (Å²) >= 11 is 1.48. The summed E-state index contributed by atoms with van der Waals surface area (Å²) in [4.78, 5) is 18.2. The average Bonchev–Trinajstić information content (AvgIpc) is 2.71. The molecule has 0 radical (unpaired) electrons. The fraction of sp³-hybridized carbons (Fsp3) is 0.545. The first-order valence-electron chi connectivity index (χ1n) is 9.97. The Morgan fingerprint density at radius 3 is 2.82 bits per heavy atom. The van der Waals surface area contributed by atoms with Gasteiger partial charge >= 0.3 is 0 Å². The number of para-hydroxylation sites is 1. The van der Waals surface area contributed by atoms with Crippen LogP contribution in [-0.2, 0) is 0 Å². The summed E-state index contributed by atoms with van der Waals surface area (Å²) in [5.41, 5.74) is 0.720. The summed E-state index contributed by atoms with van der Waals surface area (Å²) in [6.07, 6.45) is 4.21. The lowest BCUT2D eigenvalue weighted by atomic mass is 9.78. The van der Waals surface area contributed by atoms with Crippen molar-refractivity contribution in [2.75, 3.05) is 5.75 Å². The van der Waals surface area contributed by atoms with Gasteiger partial charge in [0, 0.05) is 18.2 Å². The van der Waals surface area contributed by atoms with Gasteiger partial charge in [-0.2, -0.15) is 10.5 Å². The predicted octanol–water partition coefficient (Wildman–Crippen LogP) is 4.93. The molecule has 0 unspecified atom stereocenters. The molecule has 1 aromatic heterocycles. The maximum atomic E-state index is 13.4. The number of nitrogens with zero attached hydrogens (tertiary/aromatic N) is 4. The molecule has 0 spiro atoms. The van der Waals surface area contributed by atoms with E-state index < -0.39 is 0 Å². The molecule has 1 aliphatic carbocycles. The fourth-order valence-corrected chi connectivity index (χ4v) is 5.15. The van der Waals surface area contributed by atoms with Gasteiger partial charge in [0.25, 0.3) is 5.56 Å². The molecule has 0 saturated heterocycles. The summed E-state index contributed by atoms with van der Waals surface area (Å²) in [6.45, 7) is 4.49. The highest BCUT2D eigenvalue weighted by atomic mass is 32.2. The lowest BCUT2D eigenvalue weighted by Crippen LogP contribution is -2.35. The highest BCUT2D eigenvalue weighted by Crippen LogP contribution is 2.39. The number of rotatable bonds is 6. The van der Waals surface area contributed by atoms with Crippen molar-refractivity contribution in [3.05, 3.63) is 34.6 Å². The Morgan fingerprint density at radius 2 is 2.07 bits per heavy atom. The van der Waals surface area contributed by atoms with Crippen LogP contribution in [0.1, 0.15) is 52.0 Å². The molecular formula is C22H26N4OS. The highest BCUT2D eigenvalue weighted by Gasteiger charge is 2.31. The molecule has 3 rings (SSSR count). The molecule has 0 aliphatic heterocycles. The van der Waals surface area contributed by atoms with Crippen molar-refractivity contribution in [2.45, 2.75) is 57.1 Å². The van der Waals surface area contributed by atoms with E-state index >= 15 is 0 Å². The van der Waals surface area contributed by atoms with Crippen LogP contribution < -0.4 is 5.56 Å². The molecule has 1 aromatic carbocycles. The van der Waals surface area contributed by atoms with Gasteiger partial charge in [0.2, 0.25) is 0 Å². The van der Waals surface area contributed by atoms with Crippen LogP contribution in [0.2, 0.25) is 0 Å². The van der Waals surface area contributed by atoms with Crippen molar-refractivity contribution in [2.24, 2.45) is 17.8 Å². The summed E-state index contributed by atoms with van der Waals surface area (Å²) < 4.78 is 1.89. The Kier molecular flexibility index (Phi) is 6.75. The maximum Gasteiger partial charge on any atom is 0.262 e. The van der Waals surface area contributed by atoms with Gasteiger partial charge in [0.15, 0.2) is 5.16 Å². The second-order valence-electron chi connectivity index (χ2n) is 7.76. The Bertz CT molecular complexity index is 971. The van der Waals surface area contributed by atoms with E-state index in [1.165, 1.54) is 18.2 Å². The van der Waals surface area contributed by atoms with Crippen LogP contribution >= 0.6 is 11.8 Å². The van der Waals surface area contributed by atoms with Crippen LogP contribution in [0.5, 0.6) is 0 Å². The average molecular weight is 395 g/mol. The topological polar surface area (TPSA) is 82.5 Å². The van der Waals surface area contributed by atoms with E-state index in [0.717, 1.165) is 12.8 Å². The largest absolute Gasteiger partial charge is 0.284 e. The molecule has 0 amide bonds. The molecular weight excluding hydrogens is 368 g/mol. The van der Waals surface area contributed by atoms with Crippen LogP contribution in [0, 0.1) is 40.4 Å². The molecule has 1 saturated carbocycles. The maximum absolute atomic E-state index is 13.4. The first-order valence-corrected chi connectivity index (χ1v) is 11.0. The Balaban J connectivity index is 2.01. The predicted molar refractivity (Wildman–Crippen MR) is 112 cm³/mol. The molecule has 146 valence electrons.